The molecule has 1 amide bonds. The number of aldehydes is 1. The number of carbonyl (C=O) groups excluding carboxylic acids is 2. The Hall–Kier alpha value is -3.19. The van der Waals surface area contributed by atoms with Gasteiger partial charge in [0.05, 0.1) is 18.5 Å². The van der Waals surface area contributed by atoms with Gasteiger partial charge < -0.3 is 9.47 Å². The number of thiazole rings is 1. The average molecular weight is 410 g/mol. The van der Waals surface area contributed by atoms with Crippen LogP contribution < -0.4 is 14.4 Å². The van der Waals surface area contributed by atoms with Gasteiger partial charge in [-0.2, -0.15) is 0 Å². The van der Waals surface area contributed by atoms with Gasteiger partial charge in [-0.3, -0.25) is 14.5 Å². The van der Waals surface area contributed by atoms with Crippen LogP contribution in [-0.4, -0.2) is 24.3 Å². The van der Waals surface area contributed by atoms with Gasteiger partial charge in [0, 0.05) is 17.9 Å². The highest BCUT2D eigenvalue weighted by Crippen LogP contribution is 2.31. The first kappa shape index (κ1) is 20.5. The number of ether oxygens (including phenoxy) is 2. The van der Waals surface area contributed by atoms with Crippen molar-refractivity contribution in [2.24, 2.45) is 0 Å². The van der Waals surface area contributed by atoms with Gasteiger partial charge in [0.1, 0.15) is 12.9 Å². The number of amides is 1. The normalized spacial score (nSPS) is 10.4. The summed E-state index contributed by atoms with van der Waals surface area (Å²) < 4.78 is 11.1. The molecule has 29 heavy (non-hydrogen) atoms. The van der Waals surface area contributed by atoms with Gasteiger partial charge in [-0.1, -0.05) is 19.1 Å². The molecule has 3 aromatic rings. The van der Waals surface area contributed by atoms with Crippen LogP contribution in [0.15, 0.2) is 47.8 Å². The molecule has 6 nitrogen and oxygen atoms in total. The number of carbonyl (C=O) groups is 2. The van der Waals surface area contributed by atoms with Crippen molar-refractivity contribution in [3.63, 3.8) is 0 Å². The van der Waals surface area contributed by atoms with Gasteiger partial charge in [0.15, 0.2) is 16.6 Å². The number of aromatic nitrogens is 1. The molecule has 0 spiro atoms. The fourth-order valence-corrected chi connectivity index (χ4v) is 3.67. The smallest absolute Gasteiger partial charge is 0.230 e. The first-order chi connectivity index (χ1) is 14.0. The van der Waals surface area contributed by atoms with Crippen molar-refractivity contribution in [1.82, 2.24) is 4.98 Å². The van der Waals surface area contributed by atoms with Crippen molar-refractivity contribution in [2.45, 2.75) is 26.9 Å². The summed E-state index contributed by atoms with van der Waals surface area (Å²) in [7, 11) is 1.52. The Morgan fingerprint density at radius 3 is 2.55 bits per heavy atom. The highest BCUT2D eigenvalue weighted by Gasteiger charge is 2.18. The predicted octanol–water partition coefficient (Wildman–Crippen LogP) is 4.79. The maximum Gasteiger partial charge on any atom is 0.230 e. The minimum Gasteiger partial charge on any atom is -0.493 e. The van der Waals surface area contributed by atoms with E-state index in [2.05, 4.69) is 11.9 Å². The molecule has 0 fully saturated rings. The zero-order valence-electron chi connectivity index (χ0n) is 16.5. The molecule has 0 saturated carbocycles. The van der Waals surface area contributed by atoms with E-state index in [4.69, 9.17) is 9.47 Å². The third-order valence-electron chi connectivity index (χ3n) is 4.35. The second-order valence-corrected chi connectivity index (χ2v) is 7.15. The molecule has 0 N–H and O–H groups in total. The number of aryl methyl sites for hydroxylation is 1. The van der Waals surface area contributed by atoms with Crippen LogP contribution in [0.25, 0.3) is 0 Å². The second kappa shape index (κ2) is 9.34. The van der Waals surface area contributed by atoms with Crippen molar-refractivity contribution >= 4 is 34.3 Å². The van der Waals surface area contributed by atoms with Crippen molar-refractivity contribution in [3.8, 4) is 11.5 Å². The van der Waals surface area contributed by atoms with Crippen LogP contribution in [0.1, 0.15) is 35.5 Å². The molecule has 0 aliphatic rings. The molecule has 0 radical (unpaired) electrons. The Balaban J connectivity index is 1.76. The summed E-state index contributed by atoms with van der Waals surface area (Å²) >= 11 is 1.38. The molecule has 7 heteroatoms. The Morgan fingerprint density at radius 1 is 1.17 bits per heavy atom. The van der Waals surface area contributed by atoms with E-state index in [9.17, 15) is 9.59 Å². The van der Waals surface area contributed by atoms with Crippen molar-refractivity contribution in [3.05, 3.63) is 64.7 Å². The first-order valence-corrected chi connectivity index (χ1v) is 10.0. The predicted molar refractivity (Wildman–Crippen MR) is 113 cm³/mol. The molecule has 1 heterocycles. The summed E-state index contributed by atoms with van der Waals surface area (Å²) in [4.78, 5) is 29.3. The van der Waals surface area contributed by atoms with Crippen LogP contribution in [0.4, 0.5) is 10.8 Å². The SMILES string of the molecule is CCc1ccc(N(C(C)=O)c2nc(COc3ccc(C=O)cc3OC)cs2)cc1. The van der Waals surface area contributed by atoms with E-state index in [1.807, 2.05) is 29.6 Å². The highest BCUT2D eigenvalue weighted by atomic mass is 32.1. The lowest BCUT2D eigenvalue weighted by molar-refractivity contribution is -0.115. The number of methoxy groups -OCH3 is 1. The van der Waals surface area contributed by atoms with Gasteiger partial charge in [-0.15, -0.1) is 11.3 Å². The van der Waals surface area contributed by atoms with Crippen LogP contribution in [0.2, 0.25) is 0 Å². The molecule has 150 valence electrons. The lowest BCUT2D eigenvalue weighted by atomic mass is 10.1. The molecule has 0 aliphatic carbocycles. The Labute approximate surface area is 173 Å². The Bertz CT molecular complexity index is 998. The maximum absolute atomic E-state index is 12.2. The van der Waals surface area contributed by atoms with E-state index in [0.29, 0.717) is 27.9 Å². The summed E-state index contributed by atoms with van der Waals surface area (Å²) in [5.74, 6) is 0.889. The molecule has 1 aromatic heterocycles. The van der Waals surface area contributed by atoms with Crippen LogP contribution in [0.3, 0.4) is 0 Å². The maximum atomic E-state index is 12.2. The zero-order chi connectivity index (χ0) is 20.8. The average Bonchev–Trinajstić information content (AvgIpc) is 3.20. The summed E-state index contributed by atoms with van der Waals surface area (Å²) in [6.07, 6.45) is 1.69. The van der Waals surface area contributed by atoms with Crippen LogP contribution in [0, 0.1) is 0 Å². The standard InChI is InChI=1S/C22H22N2O4S/c1-4-16-5-8-19(9-6-16)24(15(2)26)22-23-18(14-29-22)13-28-20-10-7-17(12-25)11-21(20)27-3/h5-12,14H,4,13H2,1-3H3. The molecule has 0 unspecified atom stereocenters. The number of nitrogens with zero attached hydrogens (tertiary/aromatic N) is 2. The van der Waals surface area contributed by atoms with Crippen LogP contribution >= 0.6 is 11.3 Å². The topological polar surface area (TPSA) is 68.7 Å². The van der Waals surface area contributed by atoms with Crippen molar-refractivity contribution < 1.29 is 19.1 Å². The summed E-state index contributed by atoms with van der Waals surface area (Å²) in [6, 6.07) is 12.8. The van der Waals surface area contributed by atoms with Crippen LogP contribution in [-0.2, 0) is 17.8 Å². The van der Waals surface area contributed by atoms with Crippen molar-refractivity contribution in [1.29, 1.82) is 0 Å². The van der Waals surface area contributed by atoms with Gasteiger partial charge in [0.2, 0.25) is 5.91 Å². The Morgan fingerprint density at radius 2 is 1.93 bits per heavy atom. The largest absolute Gasteiger partial charge is 0.493 e. The van der Waals surface area contributed by atoms with E-state index >= 15 is 0 Å². The highest BCUT2D eigenvalue weighted by molar-refractivity contribution is 7.14. The molecule has 2 aromatic carbocycles. The second-order valence-electron chi connectivity index (χ2n) is 6.31. The molecular weight excluding hydrogens is 388 g/mol. The lowest BCUT2D eigenvalue weighted by Crippen LogP contribution is -2.22. The molecular formula is C22H22N2O4S. The fraction of sp³-hybridized carbons (Fsp3) is 0.227. The fourth-order valence-electron chi connectivity index (χ4n) is 2.80. The third-order valence-corrected chi connectivity index (χ3v) is 5.22. The molecule has 0 aliphatic heterocycles. The lowest BCUT2D eigenvalue weighted by Gasteiger charge is -2.18. The molecule has 0 bridgehead atoms. The summed E-state index contributed by atoms with van der Waals surface area (Å²) in [5.41, 5.74) is 3.20. The zero-order valence-corrected chi connectivity index (χ0v) is 17.4. The van der Waals surface area contributed by atoms with E-state index in [1.54, 1.807) is 23.1 Å². The minimum atomic E-state index is -0.109. The third kappa shape index (κ3) is 4.81. The molecule has 0 atom stereocenters. The first-order valence-electron chi connectivity index (χ1n) is 9.15. The monoisotopic (exact) mass is 410 g/mol. The van der Waals surface area contributed by atoms with E-state index in [1.165, 1.54) is 30.9 Å². The molecule has 3 rings (SSSR count). The number of anilines is 2. The van der Waals surface area contributed by atoms with Crippen LogP contribution in [0.5, 0.6) is 11.5 Å². The van der Waals surface area contributed by atoms with Crippen molar-refractivity contribution in [2.75, 3.05) is 12.0 Å². The number of rotatable bonds is 8. The van der Waals surface area contributed by atoms with E-state index < -0.39 is 0 Å². The molecule has 0 saturated heterocycles. The number of hydrogen-bond donors (Lipinski definition) is 0. The summed E-state index contributed by atoms with van der Waals surface area (Å²) in [5, 5.41) is 2.45. The number of benzene rings is 2. The van der Waals surface area contributed by atoms with E-state index in [-0.39, 0.29) is 12.5 Å². The Kier molecular flexibility index (Phi) is 6.61. The van der Waals surface area contributed by atoms with E-state index in [0.717, 1.165) is 18.4 Å². The van der Waals surface area contributed by atoms with Gasteiger partial charge in [-0.05, 0) is 42.3 Å². The number of hydrogen-bond acceptors (Lipinski definition) is 6. The minimum absolute atomic E-state index is 0.109. The quantitative estimate of drug-likeness (QED) is 0.500. The summed E-state index contributed by atoms with van der Waals surface area (Å²) in [6.45, 7) is 3.82. The van der Waals surface area contributed by atoms with Gasteiger partial charge in [-0.25, -0.2) is 4.98 Å². The van der Waals surface area contributed by atoms with Gasteiger partial charge in [0.25, 0.3) is 0 Å². The van der Waals surface area contributed by atoms with Gasteiger partial charge >= 0.3 is 0 Å².